The monoisotopic (exact) mass is 282 g/mol. The van der Waals surface area contributed by atoms with E-state index in [4.69, 9.17) is 11.6 Å². The topological polar surface area (TPSA) is 43.8 Å². The smallest absolute Gasteiger partial charge is 0.257 e. The molecule has 0 atom stereocenters. The van der Waals surface area contributed by atoms with Crippen LogP contribution in [0, 0.1) is 0 Å². The molecule has 1 aliphatic heterocycles. The van der Waals surface area contributed by atoms with Crippen LogP contribution in [0.15, 0.2) is 18.2 Å². The molecule has 1 aliphatic rings. The summed E-state index contributed by atoms with van der Waals surface area (Å²) >= 11 is 5.86. The summed E-state index contributed by atoms with van der Waals surface area (Å²) in [6.45, 7) is 3.77. The van der Waals surface area contributed by atoms with E-state index in [1.54, 1.807) is 18.0 Å². The molecular weight excluding hydrogens is 264 g/mol. The van der Waals surface area contributed by atoms with E-state index in [-0.39, 0.29) is 17.2 Å². The third kappa shape index (κ3) is 3.61. The Hall–Kier alpha value is -1.26. The lowest BCUT2D eigenvalue weighted by atomic mass is 10.2. The lowest BCUT2D eigenvalue weighted by Crippen LogP contribution is -2.35. The van der Waals surface area contributed by atoms with Gasteiger partial charge >= 0.3 is 0 Å². The molecule has 104 valence electrons. The standard InChI is InChI=1S/C14H19ClN2O2/c1-16(8-9-17-6-2-3-7-17)14(19)12-10-11(15)4-5-13(12)18/h4-5,10,18H,2-3,6-9H2,1H3. The lowest BCUT2D eigenvalue weighted by Gasteiger charge is -2.22. The molecule has 1 saturated heterocycles. The van der Waals surface area contributed by atoms with Crippen molar-refractivity contribution < 1.29 is 9.90 Å². The Balaban J connectivity index is 1.95. The van der Waals surface area contributed by atoms with Crippen molar-refractivity contribution in [2.75, 3.05) is 33.2 Å². The van der Waals surface area contributed by atoms with E-state index < -0.39 is 0 Å². The summed E-state index contributed by atoms with van der Waals surface area (Å²) in [5.74, 6) is -0.221. The van der Waals surface area contributed by atoms with Crippen molar-refractivity contribution in [2.24, 2.45) is 0 Å². The van der Waals surface area contributed by atoms with Crippen molar-refractivity contribution in [2.45, 2.75) is 12.8 Å². The van der Waals surface area contributed by atoms with Gasteiger partial charge in [0, 0.05) is 25.2 Å². The second-order valence-electron chi connectivity index (χ2n) is 4.94. The van der Waals surface area contributed by atoms with Crippen LogP contribution in [-0.4, -0.2) is 54.0 Å². The highest BCUT2D eigenvalue weighted by molar-refractivity contribution is 6.31. The van der Waals surface area contributed by atoms with Gasteiger partial charge in [-0.2, -0.15) is 0 Å². The van der Waals surface area contributed by atoms with Crippen molar-refractivity contribution in [1.29, 1.82) is 0 Å². The zero-order valence-corrected chi connectivity index (χ0v) is 11.9. The highest BCUT2D eigenvalue weighted by Crippen LogP contribution is 2.22. The average Bonchev–Trinajstić information content (AvgIpc) is 2.91. The van der Waals surface area contributed by atoms with Gasteiger partial charge in [0.2, 0.25) is 0 Å². The fraction of sp³-hybridized carbons (Fsp3) is 0.500. The Bertz CT molecular complexity index is 459. The molecule has 2 rings (SSSR count). The summed E-state index contributed by atoms with van der Waals surface area (Å²) in [5, 5.41) is 10.2. The molecule has 0 saturated carbocycles. The SMILES string of the molecule is CN(CCN1CCCC1)C(=O)c1cc(Cl)ccc1O. The number of likely N-dealkylation sites (tertiary alicyclic amines) is 1. The van der Waals surface area contributed by atoms with Crippen LogP contribution >= 0.6 is 11.6 Å². The van der Waals surface area contributed by atoms with Crippen LogP contribution in [0.3, 0.4) is 0 Å². The van der Waals surface area contributed by atoms with E-state index >= 15 is 0 Å². The molecule has 5 heteroatoms. The first-order chi connectivity index (χ1) is 9.08. The van der Waals surface area contributed by atoms with Gasteiger partial charge in [-0.1, -0.05) is 11.6 Å². The molecule has 0 aliphatic carbocycles. The van der Waals surface area contributed by atoms with Crippen molar-refractivity contribution in [1.82, 2.24) is 9.80 Å². The van der Waals surface area contributed by atoms with E-state index in [0.29, 0.717) is 11.6 Å². The Kier molecular flexibility index (Phi) is 4.66. The first kappa shape index (κ1) is 14.2. The molecule has 1 fully saturated rings. The summed E-state index contributed by atoms with van der Waals surface area (Å²) in [5.41, 5.74) is 0.261. The van der Waals surface area contributed by atoms with Crippen molar-refractivity contribution in [3.63, 3.8) is 0 Å². The maximum atomic E-state index is 12.2. The van der Waals surface area contributed by atoms with Gasteiger partial charge in [-0.05, 0) is 44.1 Å². The lowest BCUT2D eigenvalue weighted by molar-refractivity contribution is 0.0779. The summed E-state index contributed by atoms with van der Waals surface area (Å²) in [4.78, 5) is 16.2. The Morgan fingerprint density at radius 1 is 1.42 bits per heavy atom. The molecular formula is C14H19ClN2O2. The number of amides is 1. The molecule has 4 nitrogen and oxygen atoms in total. The third-order valence-electron chi connectivity index (χ3n) is 3.49. The first-order valence-corrected chi connectivity index (χ1v) is 6.92. The minimum Gasteiger partial charge on any atom is -0.507 e. The maximum Gasteiger partial charge on any atom is 0.257 e. The molecule has 0 radical (unpaired) electrons. The van der Waals surface area contributed by atoms with Crippen molar-refractivity contribution >= 4 is 17.5 Å². The number of phenolic OH excluding ortho intramolecular Hbond substituents is 1. The number of hydrogen-bond donors (Lipinski definition) is 1. The number of rotatable bonds is 4. The van der Waals surface area contributed by atoms with E-state index in [1.807, 2.05) is 0 Å². The van der Waals surface area contributed by atoms with Gasteiger partial charge in [-0.3, -0.25) is 4.79 Å². The van der Waals surface area contributed by atoms with Crippen LogP contribution in [0.2, 0.25) is 5.02 Å². The Labute approximate surface area is 118 Å². The predicted molar refractivity (Wildman–Crippen MR) is 75.8 cm³/mol. The molecule has 0 unspecified atom stereocenters. The van der Waals surface area contributed by atoms with Crippen LogP contribution in [0.4, 0.5) is 0 Å². The third-order valence-corrected chi connectivity index (χ3v) is 3.72. The maximum absolute atomic E-state index is 12.2. The molecule has 1 aromatic rings. The minimum absolute atomic E-state index is 0.0255. The van der Waals surface area contributed by atoms with E-state index in [1.165, 1.54) is 25.0 Å². The highest BCUT2D eigenvalue weighted by Gasteiger charge is 2.18. The summed E-state index contributed by atoms with van der Waals surface area (Å²) in [6.07, 6.45) is 2.49. The highest BCUT2D eigenvalue weighted by atomic mass is 35.5. The minimum atomic E-state index is -0.195. The fourth-order valence-electron chi connectivity index (χ4n) is 2.28. The van der Waals surface area contributed by atoms with Crippen LogP contribution < -0.4 is 0 Å². The van der Waals surface area contributed by atoms with Gasteiger partial charge < -0.3 is 14.9 Å². The molecule has 1 aromatic carbocycles. The van der Waals surface area contributed by atoms with Gasteiger partial charge in [0.15, 0.2) is 0 Å². The molecule has 1 N–H and O–H groups in total. The van der Waals surface area contributed by atoms with Gasteiger partial charge in [0.1, 0.15) is 5.75 Å². The van der Waals surface area contributed by atoms with Gasteiger partial charge in [-0.25, -0.2) is 0 Å². The number of phenols is 1. The number of aromatic hydroxyl groups is 1. The van der Waals surface area contributed by atoms with E-state index in [9.17, 15) is 9.90 Å². The fourth-order valence-corrected chi connectivity index (χ4v) is 2.46. The molecule has 0 aromatic heterocycles. The number of nitrogens with zero attached hydrogens (tertiary/aromatic N) is 2. The van der Waals surface area contributed by atoms with Gasteiger partial charge in [0.05, 0.1) is 5.56 Å². The zero-order valence-electron chi connectivity index (χ0n) is 11.1. The molecule has 0 bridgehead atoms. The van der Waals surface area contributed by atoms with E-state index in [2.05, 4.69) is 4.90 Å². The van der Waals surface area contributed by atoms with Crippen molar-refractivity contribution in [3.8, 4) is 5.75 Å². The van der Waals surface area contributed by atoms with Crippen molar-refractivity contribution in [3.05, 3.63) is 28.8 Å². The average molecular weight is 283 g/mol. The normalized spacial score (nSPS) is 15.7. The molecule has 1 amide bonds. The number of hydrogen-bond acceptors (Lipinski definition) is 3. The van der Waals surface area contributed by atoms with Gasteiger partial charge in [0.25, 0.3) is 5.91 Å². The zero-order chi connectivity index (χ0) is 13.8. The summed E-state index contributed by atoms with van der Waals surface area (Å²) in [6, 6.07) is 4.52. The van der Waals surface area contributed by atoms with Crippen LogP contribution in [0.5, 0.6) is 5.75 Å². The van der Waals surface area contributed by atoms with Gasteiger partial charge in [-0.15, -0.1) is 0 Å². The Morgan fingerprint density at radius 3 is 2.79 bits per heavy atom. The second-order valence-corrected chi connectivity index (χ2v) is 5.37. The van der Waals surface area contributed by atoms with Crippen LogP contribution in [0.1, 0.15) is 23.2 Å². The first-order valence-electron chi connectivity index (χ1n) is 6.54. The largest absolute Gasteiger partial charge is 0.507 e. The van der Waals surface area contributed by atoms with Crippen LogP contribution in [0.25, 0.3) is 0 Å². The quantitative estimate of drug-likeness (QED) is 0.921. The predicted octanol–water partition coefficient (Wildman–Crippen LogP) is 2.21. The molecule has 0 spiro atoms. The van der Waals surface area contributed by atoms with Crippen LogP contribution in [-0.2, 0) is 0 Å². The molecule has 1 heterocycles. The number of likely N-dealkylation sites (N-methyl/N-ethyl adjacent to an activating group) is 1. The van der Waals surface area contributed by atoms with E-state index in [0.717, 1.165) is 19.6 Å². The summed E-state index contributed by atoms with van der Waals surface area (Å²) < 4.78 is 0. The molecule has 19 heavy (non-hydrogen) atoms. The number of halogens is 1. The number of benzene rings is 1. The summed E-state index contributed by atoms with van der Waals surface area (Å²) in [7, 11) is 1.75. The second kappa shape index (κ2) is 6.26. The number of carbonyl (C=O) groups excluding carboxylic acids is 1. The Morgan fingerprint density at radius 2 is 2.11 bits per heavy atom. The number of carbonyl (C=O) groups is 1.